The van der Waals surface area contributed by atoms with Crippen LogP contribution in [0.25, 0.3) is 10.2 Å². The molecular weight excluding hydrogens is 365 g/mol. The van der Waals surface area contributed by atoms with E-state index in [1.807, 2.05) is 16.3 Å². The van der Waals surface area contributed by atoms with E-state index in [1.54, 1.807) is 23.5 Å². The van der Waals surface area contributed by atoms with Crippen molar-refractivity contribution in [1.82, 2.24) is 14.9 Å². The number of carbonyl (C=O) groups excluding carboxylic acids is 1. The summed E-state index contributed by atoms with van der Waals surface area (Å²) in [5.41, 5.74) is 6.81. The van der Waals surface area contributed by atoms with Crippen molar-refractivity contribution in [3.8, 4) is 0 Å². The van der Waals surface area contributed by atoms with Crippen molar-refractivity contribution in [3.63, 3.8) is 0 Å². The van der Waals surface area contributed by atoms with Crippen LogP contribution in [0.15, 0.2) is 35.7 Å². The Morgan fingerprint density at radius 2 is 1.85 bits per heavy atom. The van der Waals surface area contributed by atoms with Crippen LogP contribution in [0.1, 0.15) is 12.0 Å². The Bertz CT molecular complexity index is 950. The molecule has 27 heavy (non-hydrogen) atoms. The number of nitrogens with two attached hydrogens (primary N) is 1. The Balaban J connectivity index is 1.36. The van der Waals surface area contributed by atoms with Gasteiger partial charge in [0, 0.05) is 32.6 Å². The third-order valence-electron chi connectivity index (χ3n) is 4.79. The fraction of sp³-hybridized carbons (Fsp3) is 0.316. The lowest BCUT2D eigenvalue weighted by Gasteiger charge is -2.35. The van der Waals surface area contributed by atoms with Crippen molar-refractivity contribution in [2.24, 2.45) is 0 Å². The molecule has 3 heterocycles. The molecule has 0 spiro atoms. The van der Waals surface area contributed by atoms with Crippen LogP contribution in [0.2, 0.25) is 0 Å². The molecule has 1 aliphatic heterocycles. The average Bonchev–Trinajstić information content (AvgIpc) is 3.15. The first-order valence-electron chi connectivity index (χ1n) is 8.88. The molecule has 3 aromatic rings. The van der Waals surface area contributed by atoms with Gasteiger partial charge in [-0.2, -0.15) is 4.98 Å². The maximum absolute atomic E-state index is 13.0. The van der Waals surface area contributed by atoms with E-state index in [-0.39, 0.29) is 17.7 Å². The Morgan fingerprint density at radius 1 is 1.11 bits per heavy atom. The van der Waals surface area contributed by atoms with Gasteiger partial charge in [-0.15, -0.1) is 11.3 Å². The summed E-state index contributed by atoms with van der Waals surface area (Å²) < 4.78 is 13.0. The van der Waals surface area contributed by atoms with Gasteiger partial charge in [-0.1, -0.05) is 12.1 Å². The Morgan fingerprint density at radius 3 is 2.59 bits per heavy atom. The zero-order chi connectivity index (χ0) is 18.8. The van der Waals surface area contributed by atoms with E-state index in [9.17, 15) is 9.18 Å². The number of halogens is 1. The van der Waals surface area contributed by atoms with E-state index in [4.69, 9.17) is 5.73 Å². The third-order valence-corrected chi connectivity index (χ3v) is 5.60. The number of anilines is 2. The smallest absolute Gasteiger partial charge is 0.223 e. The molecule has 1 saturated heterocycles. The number of carbonyl (C=O) groups is 1. The number of amides is 1. The van der Waals surface area contributed by atoms with E-state index < -0.39 is 0 Å². The second kappa shape index (κ2) is 7.48. The third kappa shape index (κ3) is 3.85. The van der Waals surface area contributed by atoms with Crippen LogP contribution >= 0.6 is 11.3 Å². The summed E-state index contributed by atoms with van der Waals surface area (Å²) in [5.74, 6) is 0.989. The molecule has 2 N–H and O–H groups in total. The van der Waals surface area contributed by atoms with Gasteiger partial charge in [-0.3, -0.25) is 4.79 Å². The normalized spacial score (nSPS) is 14.7. The lowest BCUT2D eigenvalue weighted by molar-refractivity contribution is -0.131. The summed E-state index contributed by atoms with van der Waals surface area (Å²) in [5, 5.41) is 2.99. The van der Waals surface area contributed by atoms with Gasteiger partial charge >= 0.3 is 0 Å². The first-order valence-corrected chi connectivity index (χ1v) is 9.76. The van der Waals surface area contributed by atoms with Gasteiger partial charge in [-0.25, -0.2) is 9.37 Å². The quantitative estimate of drug-likeness (QED) is 0.747. The summed E-state index contributed by atoms with van der Waals surface area (Å²) in [4.78, 5) is 26.1. The molecule has 1 amide bonds. The number of rotatable bonds is 4. The highest BCUT2D eigenvalue weighted by molar-refractivity contribution is 7.16. The second-order valence-corrected chi connectivity index (χ2v) is 7.43. The maximum atomic E-state index is 13.0. The van der Waals surface area contributed by atoms with E-state index in [0.29, 0.717) is 39.0 Å². The molecule has 1 aromatic carbocycles. The molecule has 8 heteroatoms. The summed E-state index contributed by atoms with van der Waals surface area (Å²) in [6.45, 7) is 2.73. The summed E-state index contributed by atoms with van der Waals surface area (Å²) in [6.07, 6.45) is 1.05. The topological polar surface area (TPSA) is 75.3 Å². The van der Waals surface area contributed by atoms with Crippen molar-refractivity contribution < 1.29 is 9.18 Å². The molecule has 4 rings (SSSR count). The second-order valence-electron chi connectivity index (χ2n) is 6.54. The molecule has 1 aliphatic rings. The molecule has 0 aliphatic carbocycles. The molecule has 0 radical (unpaired) electrons. The van der Waals surface area contributed by atoms with Crippen LogP contribution in [0.5, 0.6) is 0 Å². The van der Waals surface area contributed by atoms with Crippen molar-refractivity contribution in [1.29, 1.82) is 0 Å². The SMILES string of the molecule is Nc1nc(N2CCN(C(=O)CCc3ccc(F)cc3)CC2)c2ccsc2n1. The van der Waals surface area contributed by atoms with E-state index >= 15 is 0 Å². The number of benzene rings is 1. The van der Waals surface area contributed by atoms with Crippen LogP contribution in [0.4, 0.5) is 16.2 Å². The molecule has 0 bridgehead atoms. The number of aromatic nitrogens is 2. The van der Waals surface area contributed by atoms with Crippen LogP contribution in [0, 0.1) is 5.82 Å². The first kappa shape index (κ1) is 17.7. The number of piperazine rings is 1. The summed E-state index contributed by atoms with van der Waals surface area (Å²) >= 11 is 1.54. The van der Waals surface area contributed by atoms with E-state index in [2.05, 4.69) is 14.9 Å². The van der Waals surface area contributed by atoms with Gasteiger partial charge in [0.05, 0.1) is 5.39 Å². The molecule has 1 fully saturated rings. The van der Waals surface area contributed by atoms with Crippen LogP contribution in [-0.2, 0) is 11.2 Å². The maximum Gasteiger partial charge on any atom is 0.223 e. The van der Waals surface area contributed by atoms with Crippen molar-refractivity contribution in [2.45, 2.75) is 12.8 Å². The number of thiophene rings is 1. The fourth-order valence-corrected chi connectivity index (χ4v) is 4.09. The number of aryl methyl sites for hydroxylation is 1. The lowest BCUT2D eigenvalue weighted by Crippen LogP contribution is -2.49. The Kier molecular flexibility index (Phi) is 4.89. The largest absolute Gasteiger partial charge is 0.368 e. The number of hydrogen-bond donors (Lipinski definition) is 1. The highest BCUT2D eigenvalue weighted by Gasteiger charge is 2.23. The number of hydrogen-bond acceptors (Lipinski definition) is 6. The van der Waals surface area contributed by atoms with Crippen LogP contribution in [0.3, 0.4) is 0 Å². The van der Waals surface area contributed by atoms with E-state index in [0.717, 1.165) is 21.6 Å². The molecule has 0 unspecified atom stereocenters. The van der Waals surface area contributed by atoms with Gasteiger partial charge in [0.15, 0.2) is 0 Å². The Labute approximate surface area is 160 Å². The summed E-state index contributed by atoms with van der Waals surface area (Å²) in [6, 6.07) is 8.32. The van der Waals surface area contributed by atoms with Gasteiger partial charge in [0.25, 0.3) is 0 Å². The highest BCUT2D eigenvalue weighted by atomic mass is 32.1. The van der Waals surface area contributed by atoms with Gasteiger partial charge in [-0.05, 0) is 35.6 Å². The summed E-state index contributed by atoms with van der Waals surface area (Å²) in [7, 11) is 0. The first-order chi connectivity index (χ1) is 13.1. The van der Waals surface area contributed by atoms with Crippen molar-refractivity contribution >= 4 is 39.2 Å². The molecule has 2 aromatic heterocycles. The molecule has 0 saturated carbocycles. The predicted octanol–water partition coefficient (Wildman–Crippen LogP) is 2.69. The van der Waals surface area contributed by atoms with Crippen LogP contribution < -0.4 is 10.6 Å². The monoisotopic (exact) mass is 385 g/mol. The molecule has 0 atom stereocenters. The minimum Gasteiger partial charge on any atom is -0.368 e. The molecular formula is C19H20FN5OS. The Hall–Kier alpha value is -2.74. The zero-order valence-electron chi connectivity index (χ0n) is 14.8. The lowest BCUT2D eigenvalue weighted by atomic mass is 10.1. The van der Waals surface area contributed by atoms with E-state index in [1.165, 1.54) is 12.1 Å². The van der Waals surface area contributed by atoms with Crippen LogP contribution in [-0.4, -0.2) is 47.0 Å². The van der Waals surface area contributed by atoms with Gasteiger partial charge in [0.2, 0.25) is 11.9 Å². The number of nitrogens with zero attached hydrogens (tertiary/aromatic N) is 4. The molecule has 6 nitrogen and oxygen atoms in total. The predicted molar refractivity (Wildman–Crippen MR) is 105 cm³/mol. The minimum absolute atomic E-state index is 0.127. The van der Waals surface area contributed by atoms with Crippen molar-refractivity contribution in [2.75, 3.05) is 36.8 Å². The standard InChI is InChI=1S/C19H20FN5OS/c20-14-4-1-13(2-5-14)3-6-16(26)24-8-10-25(11-9-24)17-15-7-12-27-18(15)23-19(21)22-17/h1-2,4-5,7,12H,3,6,8-11H2,(H2,21,22,23). The molecule has 140 valence electrons. The minimum atomic E-state index is -0.258. The number of nitrogen functional groups attached to an aromatic ring is 1. The zero-order valence-corrected chi connectivity index (χ0v) is 15.6. The van der Waals surface area contributed by atoms with Gasteiger partial charge < -0.3 is 15.5 Å². The number of fused-ring (bicyclic) bond motifs is 1. The average molecular weight is 385 g/mol. The van der Waals surface area contributed by atoms with Gasteiger partial charge in [0.1, 0.15) is 16.5 Å². The fourth-order valence-electron chi connectivity index (χ4n) is 3.32. The van der Waals surface area contributed by atoms with Crippen molar-refractivity contribution in [3.05, 3.63) is 47.1 Å². The highest BCUT2D eigenvalue weighted by Crippen LogP contribution is 2.29.